The number of anilines is 1. The highest BCUT2D eigenvalue weighted by molar-refractivity contribution is 7.98. The number of carbonyl (C=O) groups excluding carboxylic acids is 1. The zero-order chi connectivity index (χ0) is 23.8. The summed E-state index contributed by atoms with van der Waals surface area (Å²) >= 11 is 13.7. The van der Waals surface area contributed by atoms with Crippen LogP contribution in [0.25, 0.3) is 0 Å². The summed E-state index contributed by atoms with van der Waals surface area (Å²) in [5.41, 5.74) is 2.42. The molecular weight excluding hydrogens is 499 g/mol. The van der Waals surface area contributed by atoms with Crippen molar-refractivity contribution in [3.05, 3.63) is 94.0 Å². The van der Waals surface area contributed by atoms with Crippen LogP contribution in [0.5, 0.6) is 0 Å². The molecule has 5 nitrogen and oxygen atoms in total. The topological polar surface area (TPSA) is 66.5 Å². The van der Waals surface area contributed by atoms with Gasteiger partial charge in [0.25, 0.3) is 10.0 Å². The first kappa shape index (κ1) is 25.4. The maximum Gasteiger partial charge on any atom is 0.264 e. The van der Waals surface area contributed by atoms with Gasteiger partial charge >= 0.3 is 0 Å². The molecule has 1 amide bonds. The monoisotopic (exact) mass is 522 g/mol. The van der Waals surface area contributed by atoms with Crippen LogP contribution in [0.4, 0.5) is 5.69 Å². The fraction of sp³-hybridized carbons (Fsp3) is 0.208. The Balaban J connectivity index is 1.64. The summed E-state index contributed by atoms with van der Waals surface area (Å²) in [6, 6.07) is 20.6. The van der Waals surface area contributed by atoms with Gasteiger partial charge in [-0.05, 0) is 55.0 Å². The molecule has 0 atom stereocenters. The van der Waals surface area contributed by atoms with Crippen molar-refractivity contribution in [2.75, 3.05) is 23.1 Å². The zero-order valence-corrected chi connectivity index (χ0v) is 21.1. The van der Waals surface area contributed by atoms with E-state index in [0.29, 0.717) is 28.0 Å². The molecule has 0 aliphatic heterocycles. The number of benzene rings is 3. The first-order valence-electron chi connectivity index (χ1n) is 10.2. The minimum atomic E-state index is -3.96. The second kappa shape index (κ2) is 11.8. The van der Waals surface area contributed by atoms with Crippen LogP contribution in [0.3, 0.4) is 0 Å². The van der Waals surface area contributed by atoms with Gasteiger partial charge in [-0.25, -0.2) is 8.42 Å². The average molecular weight is 524 g/mol. The number of carbonyl (C=O) groups is 1. The van der Waals surface area contributed by atoms with Crippen LogP contribution in [0.15, 0.2) is 77.7 Å². The molecule has 3 aromatic carbocycles. The number of nitrogens with one attached hydrogen (secondary N) is 1. The fourth-order valence-corrected chi connectivity index (χ4v) is 5.55. The number of sulfonamides is 1. The van der Waals surface area contributed by atoms with Crippen molar-refractivity contribution in [2.45, 2.75) is 17.6 Å². The summed E-state index contributed by atoms with van der Waals surface area (Å²) in [5.74, 6) is 1.09. The first-order valence-corrected chi connectivity index (χ1v) is 13.5. The van der Waals surface area contributed by atoms with Gasteiger partial charge in [0.2, 0.25) is 5.91 Å². The molecule has 0 radical (unpaired) electrons. The quantitative estimate of drug-likeness (QED) is 0.354. The van der Waals surface area contributed by atoms with Crippen molar-refractivity contribution in [3.8, 4) is 0 Å². The summed E-state index contributed by atoms with van der Waals surface area (Å²) in [6.45, 7) is 1.95. The third-order valence-electron chi connectivity index (χ3n) is 4.74. The molecule has 0 saturated carbocycles. The van der Waals surface area contributed by atoms with Gasteiger partial charge in [0.15, 0.2) is 0 Å². The van der Waals surface area contributed by atoms with Gasteiger partial charge in [-0.1, -0.05) is 59.1 Å². The molecule has 0 heterocycles. The summed E-state index contributed by atoms with van der Waals surface area (Å²) in [6.07, 6.45) is 0. The van der Waals surface area contributed by atoms with Crippen molar-refractivity contribution < 1.29 is 13.2 Å². The maximum absolute atomic E-state index is 13.3. The minimum Gasteiger partial charge on any atom is -0.354 e. The molecule has 0 aliphatic rings. The van der Waals surface area contributed by atoms with Gasteiger partial charge in [-0.15, -0.1) is 0 Å². The molecule has 0 spiro atoms. The second-order valence-corrected chi connectivity index (χ2v) is 11.2. The summed E-state index contributed by atoms with van der Waals surface area (Å²) in [4.78, 5) is 12.8. The van der Waals surface area contributed by atoms with Crippen LogP contribution >= 0.6 is 35.0 Å². The predicted molar refractivity (Wildman–Crippen MR) is 138 cm³/mol. The van der Waals surface area contributed by atoms with E-state index in [1.165, 1.54) is 18.2 Å². The van der Waals surface area contributed by atoms with E-state index in [4.69, 9.17) is 23.2 Å². The van der Waals surface area contributed by atoms with Crippen LogP contribution in [0, 0.1) is 6.92 Å². The number of hydrogen-bond acceptors (Lipinski definition) is 4. The van der Waals surface area contributed by atoms with Crippen LogP contribution in [0.1, 0.15) is 11.1 Å². The summed E-state index contributed by atoms with van der Waals surface area (Å²) in [7, 11) is -3.96. The molecule has 0 aliphatic carbocycles. The lowest BCUT2D eigenvalue weighted by Gasteiger charge is -2.24. The third kappa shape index (κ3) is 7.40. The number of nitrogens with zero attached hydrogens (tertiary/aromatic N) is 1. The van der Waals surface area contributed by atoms with Gasteiger partial charge in [0, 0.05) is 28.1 Å². The minimum absolute atomic E-state index is 0.111. The summed E-state index contributed by atoms with van der Waals surface area (Å²) < 4.78 is 27.8. The lowest BCUT2D eigenvalue weighted by atomic mass is 10.2. The Morgan fingerprint density at radius 2 is 1.67 bits per heavy atom. The van der Waals surface area contributed by atoms with E-state index in [1.54, 1.807) is 42.1 Å². The Morgan fingerprint density at radius 1 is 0.970 bits per heavy atom. The van der Waals surface area contributed by atoms with Gasteiger partial charge in [-0.2, -0.15) is 11.8 Å². The molecule has 0 unspecified atom stereocenters. The van der Waals surface area contributed by atoms with Crippen LogP contribution < -0.4 is 9.62 Å². The smallest absolute Gasteiger partial charge is 0.264 e. The van der Waals surface area contributed by atoms with Crippen LogP contribution in [-0.2, 0) is 20.6 Å². The van der Waals surface area contributed by atoms with Gasteiger partial charge in [-0.3, -0.25) is 9.10 Å². The highest BCUT2D eigenvalue weighted by Gasteiger charge is 2.27. The van der Waals surface area contributed by atoms with E-state index >= 15 is 0 Å². The molecule has 33 heavy (non-hydrogen) atoms. The van der Waals surface area contributed by atoms with E-state index in [-0.39, 0.29) is 11.4 Å². The van der Waals surface area contributed by atoms with Crippen molar-refractivity contribution in [2.24, 2.45) is 0 Å². The van der Waals surface area contributed by atoms with Gasteiger partial charge in [0.05, 0.1) is 10.6 Å². The highest BCUT2D eigenvalue weighted by atomic mass is 35.5. The predicted octanol–water partition coefficient (Wildman–Crippen LogP) is 5.55. The van der Waals surface area contributed by atoms with E-state index in [0.717, 1.165) is 21.2 Å². The number of halogens is 2. The molecule has 1 N–H and O–H groups in total. The number of rotatable bonds is 10. The Kier molecular flexibility index (Phi) is 9.09. The standard InChI is InChI=1S/C24H24Cl2N2O3S2/c1-18-5-11-23(12-6-18)33(30,31)28(22-4-2-3-21(26)15-22)16-24(29)27-13-14-32-17-19-7-9-20(25)10-8-19/h2-12,15H,13-14,16-17H2,1H3,(H,27,29). The highest BCUT2D eigenvalue weighted by Crippen LogP contribution is 2.26. The zero-order valence-electron chi connectivity index (χ0n) is 18.0. The molecule has 174 valence electrons. The Hall–Kier alpha value is -2.19. The first-order chi connectivity index (χ1) is 15.8. The van der Waals surface area contributed by atoms with Crippen LogP contribution in [0.2, 0.25) is 10.0 Å². The van der Waals surface area contributed by atoms with Crippen LogP contribution in [-0.4, -0.2) is 33.2 Å². The number of aryl methyl sites for hydroxylation is 1. The lowest BCUT2D eigenvalue weighted by molar-refractivity contribution is -0.119. The lowest BCUT2D eigenvalue weighted by Crippen LogP contribution is -2.41. The summed E-state index contributed by atoms with van der Waals surface area (Å²) in [5, 5.41) is 3.89. The van der Waals surface area contributed by atoms with E-state index in [9.17, 15) is 13.2 Å². The van der Waals surface area contributed by atoms with E-state index in [1.807, 2.05) is 31.2 Å². The van der Waals surface area contributed by atoms with Gasteiger partial charge < -0.3 is 5.32 Å². The van der Waals surface area contributed by atoms with Crippen molar-refractivity contribution in [3.63, 3.8) is 0 Å². The molecule has 0 aromatic heterocycles. The molecule has 3 rings (SSSR count). The number of hydrogen-bond donors (Lipinski definition) is 1. The van der Waals surface area contributed by atoms with Crippen molar-refractivity contribution >= 4 is 56.6 Å². The normalized spacial score (nSPS) is 11.2. The number of thioether (sulfide) groups is 1. The number of amides is 1. The SMILES string of the molecule is Cc1ccc(S(=O)(=O)N(CC(=O)NCCSCc2ccc(Cl)cc2)c2cccc(Cl)c2)cc1. The van der Waals surface area contributed by atoms with Crippen molar-refractivity contribution in [1.82, 2.24) is 5.32 Å². The molecule has 0 fully saturated rings. The third-order valence-corrected chi connectivity index (χ3v) is 8.05. The van der Waals surface area contributed by atoms with E-state index in [2.05, 4.69) is 5.32 Å². The molecule has 0 saturated heterocycles. The van der Waals surface area contributed by atoms with Crippen molar-refractivity contribution in [1.29, 1.82) is 0 Å². The molecule has 0 bridgehead atoms. The Morgan fingerprint density at radius 3 is 2.33 bits per heavy atom. The van der Waals surface area contributed by atoms with E-state index < -0.39 is 15.9 Å². The molecule has 3 aromatic rings. The Labute approximate surface area is 209 Å². The average Bonchev–Trinajstić information content (AvgIpc) is 2.78. The van der Waals surface area contributed by atoms with Gasteiger partial charge in [0.1, 0.15) is 6.54 Å². The molecule has 9 heteroatoms. The largest absolute Gasteiger partial charge is 0.354 e. The fourth-order valence-electron chi connectivity index (χ4n) is 3.00. The Bertz CT molecular complexity index is 1190. The molecular formula is C24H24Cl2N2O3S2. The maximum atomic E-state index is 13.3. The second-order valence-electron chi connectivity index (χ2n) is 7.33.